The van der Waals surface area contributed by atoms with Gasteiger partial charge in [-0.2, -0.15) is 0 Å². The van der Waals surface area contributed by atoms with Gasteiger partial charge in [-0.05, 0) is 30.7 Å². The highest BCUT2D eigenvalue weighted by Crippen LogP contribution is 2.38. The topological polar surface area (TPSA) is 109 Å². The van der Waals surface area contributed by atoms with Gasteiger partial charge in [-0.3, -0.25) is 0 Å². The molecule has 160 valence electrons. The van der Waals surface area contributed by atoms with Gasteiger partial charge in [0.25, 0.3) is 0 Å². The third-order valence-electron chi connectivity index (χ3n) is 5.19. The van der Waals surface area contributed by atoms with Gasteiger partial charge in [0.2, 0.25) is 0 Å². The molecule has 0 saturated carbocycles. The summed E-state index contributed by atoms with van der Waals surface area (Å²) in [5, 5.41) is 36.6. The molecule has 0 spiro atoms. The van der Waals surface area contributed by atoms with Gasteiger partial charge in [0, 0.05) is 30.1 Å². The van der Waals surface area contributed by atoms with Crippen molar-refractivity contribution >= 4 is 35.3 Å². The molecule has 8 nitrogen and oxygen atoms in total. The number of hydrogen-bond acceptors (Lipinski definition) is 6. The Morgan fingerprint density at radius 1 is 1.27 bits per heavy atom. The van der Waals surface area contributed by atoms with Crippen molar-refractivity contribution in [2.75, 3.05) is 6.61 Å². The van der Waals surface area contributed by atoms with E-state index in [0.717, 1.165) is 11.3 Å². The van der Waals surface area contributed by atoms with Crippen LogP contribution >= 0.6 is 23.2 Å². The second-order valence-electron chi connectivity index (χ2n) is 7.02. The highest BCUT2D eigenvalue weighted by Gasteiger charge is 2.47. The molecular weight excluding hydrogens is 433 g/mol. The average molecular weight is 454 g/mol. The molecule has 1 aromatic carbocycles. The molecule has 0 aliphatic carbocycles. The normalized spacial score (nSPS) is 28.0. The van der Waals surface area contributed by atoms with E-state index in [2.05, 4.69) is 10.1 Å². The summed E-state index contributed by atoms with van der Waals surface area (Å²) in [6.45, 7) is 2.24. The Hall–Kier alpha value is -1.94. The molecule has 3 N–H and O–H groups in total. The van der Waals surface area contributed by atoms with Crippen LogP contribution in [0.3, 0.4) is 0 Å². The Labute approximate surface area is 183 Å². The lowest BCUT2D eigenvalue weighted by Gasteiger charge is -2.22. The van der Waals surface area contributed by atoms with Gasteiger partial charge in [-0.25, -0.2) is 4.99 Å². The first-order chi connectivity index (χ1) is 14.4. The lowest BCUT2D eigenvalue weighted by molar-refractivity contribution is -0.0864. The number of aliphatic imine (C=N–C) groups is 1. The minimum Gasteiger partial charge on any atom is -0.394 e. The van der Waals surface area contributed by atoms with Crippen LogP contribution in [0.1, 0.15) is 36.1 Å². The summed E-state index contributed by atoms with van der Waals surface area (Å²) in [4.78, 5) is 9.36. The monoisotopic (exact) mass is 453 g/mol. The minimum absolute atomic E-state index is 0.276. The molecule has 2 aromatic rings. The first kappa shape index (κ1) is 21.3. The molecule has 10 heteroatoms. The summed E-state index contributed by atoms with van der Waals surface area (Å²) in [6.07, 6.45) is -1.82. The molecule has 0 radical (unpaired) electrons. The summed E-state index contributed by atoms with van der Waals surface area (Å²) in [7, 11) is 0. The van der Waals surface area contributed by atoms with E-state index in [4.69, 9.17) is 32.8 Å². The van der Waals surface area contributed by atoms with Crippen molar-refractivity contribution in [1.82, 2.24) is 4.57 Å². The number of nitrogens with zero attached hydrogens (tertiary/aromatic N) is 3. The van der Waals surface area contributed by atoms with Crippen molar-refractivity contribution < 1.29 is 24.9 Å². The van der Waals surface area contributed by atoms with Crippen LogP contribution in [0.4, 0.5) is 0 Å². The summed E-state index contributed by atoms with van der Waals surface area (Å²) < 4.78 is 7.64. The predicted molar refractivity (Wildman–Crippen MR) is 112 cm³/mol. The van der Waals surface area contributed by atoms with Gasteiger partial charge in [0.1, 0.15) is 31.0 Å². The van der Waals surface area contributed by atoms with Gasteiger partial charge >= 0.3 is 0 Å². The summed E-state index contributed by atoms with van der Waals surface area (Å²) in [6, 6.07) is 6.46. The minimum atomic E-state index is -1.31. The van der Waals surface area contributed by atoms with E-state index in [9.17, 15) is 15.3 Å². The zero-order chi connectivity index (χ0) is 21.4. The van der Waals surface area contributed by atoms with Crippen LogP contribution < -0.4 is 0 Å². The lowest BCUT2D eigenvalue weighted by atomic mass is 9.99. The number of amidine groups is 1. The van der Waals surface area contributed by atoms with Crippen LogP contribution in [0.15, 0.2) is 40.6 Å². The Morgan fingerprint density at radius 3 is 2.80 bits per heavy atom. The van der Waals surface area contributed by atoms with Crippen molar-refractivity contribution in [2.45, 2.75) is 44.0 Å². The molecule has 2 aliphatic rings. The molecule has 30 heavy (non-hydrogen) atoms. The number of hydrogen-bond donors (Lipinski definition) is 3. The summed E-state index contributed by atoms with van der Waals surface area (Å²) in [5.41, 5.74) is 1.99. The highest BCUT2D eigenvalue weighted by atomic mass is 35.5. The van der Waals surface area contributed by atoms with E-state index >= 15 is 0 Å². The number of aliphatic hydroxyl groups excluding tert-OH is 3. The summed E-state index contributed by atoms with van der Waals surface area (Å²) in [5.74, 6) is 0.428. The van der Waals surface area contributed by atoms with Crippen molar-refractivity contribution in [3.05, 3.63) is 57.3 Å². The standard InChI is InChI=1S/C20H21Cl2N3O5/c1-2-29-24-19-11-6-8-25(14(11)5-7-23-19)20-17(28)16(27)18(30-20)15(26)10-3-4-12(21)13(22)9-10/h3-4,6-9,15-18,20,26-28H,2,5H2,1H3/b24-19+/t15-,16+,17-,18-,20-/m1/s1. The molecule has 0 amide bonds. The molecule has 0 unspecified atom stereocenters. The third kappa shape index (κ3) is 3.75. The van der Waals surface area contributed by atoms with Gasteiger partial charge in [0.15, 0.2) is 12.1 Å². The van der Waals surface area contributed by atoms with Crippen molar-refractivity contribution in [1.29, 1.82) is 0 Å². The molecule has 1 aromatic heterocycles. The Kier molecular flexibility index (Phi) is 6.15. The first-order valence-electron chi connectivity index (χ1n) is 9.49. The molecule has 2 aliphatic heterocycles. The van der Waals surface area contributed by atoms with E-state index < -0.39 is 30.6 Å². The zero-order valence-corrected chi connectivity index (χ0v) is 17.5. The van der Waals surface area contributed by atoms with Crippen LogP contribution in [-0.4, -0.2) is 56.9 Å². The maximum absolute atomic E-state index is 10.8. The summed E-state index contributed by atoms with van der Waals surface area (Å²) >= 11 is 12.0. The second-order valence-corrected chi connectivity index (χ2v) is 7.84. The SMILES string of the molecule is CCO/N=C1/N=CCc2c1ccn2[C@@H]1O[C@H]([C@H](O)c2ccc(Cl)c(Cl)c2)[C@@H](O)[C@H]1O. The Morgan fingerprint density at radius 2 is 2.07 bits per heavy atom. The molecular formula is C20H21Cl2N3O5. The average Bonchev–Trinajstić information content (AvgIpc) is 3.30. The molecule has 0 bridgehead atoms. The largest absolute Gasteiger partial charge is 0.394 e. The van der Waals surface area contributed by atoms with Crippen LogP contribution in [0, 0.1) is 0 Å². The van der Waals surface area contributed by atoms with E-state index in [1.807, 2.05) is 6.92 Å². The Bertz CT molecular complexity index is 993. The smallest absolute Gasteiger partial charge is 0.200 e. The third-order valence-corrected chi connectivity index (χ3v) is 5.93. The molecule has 4 rings (SSSR count). The fourth-order valence-corrected chi connectivity index (χ4v) is 3.99. The number of rotatable bonds is 5. The van der Waals surface area contributed by atoms with E-state index in [-0.39, 0.29) is 5.02 Å². The number of fused-ring (bicyclic) bond motifs is 1. The van der Waals surface area contributed by atoms with Crippen molar-refractivity contribution in [3.8, 4) is 0 Å². The number of aliphatic hydroxyl groups is 3. The van der Waals surface area contributed by atoms with Crippen LogP contribution in [0.5, 0.6) is 0 Å². The number of aromatic nitrogens is 1. The molecule has 1 fully saturated rings. The quantitative estimate of drug-likeness (QED) is 0.602. The van der Waals surface area contributed by atoms with E-state index in [1.54, 1.807) is 35.2 Å². The lowest BCUT2D eigenvalue weighted by Crippen LogP contribution is -2.35. The number of benzene rings is 1. The number of halogens is 2. The molecule has 5 atom stereocenters. The zero-order valence-electron chi connectivity index (χ0n) is 16.0. The maximum Gasteiger partial charge on any atom is 0.200 e. The molecule has 1 saturated heterocycles. The van der Waals surface area contributed by atoms with Gasteiger partial charge in [-0.1, -0.05) is 34.4 Å². The van der Waals surface area contributed by atoms with Gasteiger partial charge in [0.05, 0.1) is 10.0 Å². The van der Waals surface area contributed by atoms with Crippen LogP contribution in [0.2, 0.25) is 10.0 Å². The van der Waals surface area contributed by atoms with Crippen molar-refractivity contribution in [2.24, 2.45) is 10.1 Å². The van der Waals surface area contributed by atoms with Gasteiger partial charge in [-0.15, -0.1) is 0 Å². The Balaban J connectivity index is 1.60. The second kappa shape index (κ2) is 8.66. The maximum atomic E-state index is 10.8. The number of oxime groups is 1. The van der Waals surface area contributed by atoms with E-state index in [1.165, 1.54) is 6.07 Å². The highest BCUT2D eigenvalue weighted by molar-refractivity contribution is 6.42. The predicted octanol–water partition coefficient (Wildman–Crippen LogP) is 2.47. The molecule has 3 heterocycles. The first-order valence-corrected chi connectivity index (χ1v) is 10.2. The fourth-order valence-electron chi connectivity index (χ4n) is 3.69. The van der Waals surface area contributed by atoms with Crippen LogP contribution in [-0.2, 0) is 16.0 Å². The van der Waals surface area contributed by atoms with Crippen LogP contribution in [0.25, 0.3) is 0 Å². The van der Waals surface area contributed by atoms with Crippen molar-refractivity contribution in [3.63, 3.8) is 0 Å². The van der Waals surface area contributed by atoms with E-state index in [0.29, 0.717) is 29.4 Å². The van der Waals surface area contributed by atoms with Gasteiger partial charge < -0.3 is 29.5 Å². The number of ether oxygens (including phenoxy) is 1. The fraction of sp³-hybridized carbons (Fsp3) is 0.400.